The van der Waals surface area contributed by atoms with Crippen LogP contribution >= 0.6 is 15.9 Å². The number of benzene rings is 3. The number of urea groups is 1. The summed E-state index contributed by atoms with van der Waals surface area (Å²) in [5.41, 5.74) is 1.33. The first-order valence-corrected chi connectivity index (χ1v) is 11.4. The van der Waals surface area contributed by atoms with Crippen LogP contribution in [-0.2, 0) is 16.2 Å². The van der Waals surface area contributed by atoms with Gasteiger partial charge in [-0.15, -0.1) is 0 Å². The molecule has 36 heavy (non-hydrogen) atoms. The van der Waals surface area contributed by atoms with Gasteiger partial charge in [0.25, 0.3) is 11.8 Å². The number of carbonyl (C=O) groups excluding carboxylic acids is 3. The van der Waals surface area contributed by atoms with Crippen molar-refractivity contribution in [3.05, 3.63) is 93.5 Å². The van der Waals surface area contributed by atoms with Crippen LogP contribution in [0.15, 0.2) is 76.8 Å². The molecule has 0 radical (unpaired) electrons. The van der Waals surface area contributed by atoms with Crippen LogP contribution < -0.4 is 19.7 Å². The van der Waals surface area contributed by atoms with Crippen molar-refractivity contribution in [1.82, 2.24) is 5.32 Å². The van der Waals surface area contributed by atoms with Crippen LogP contribution in [0.3, 0.4) is 0 Å². The van der Waals surface area contributed by atoms with Gasteiger partial charge in [-0.25, -0.2) is 14.5 Å². The van der Waals surface area contributed by atoms with Crippen LogP contribution in [0.1, 0.15) is 21.5 Å². The molecule has 1 aliphatic heterocycles. The number of imide groups is 2. The molecule has 2 N–H and O–H groups in total. The van der Waals surface area contributed by atoms with Gasteiger partial charge in [-0.1, -0.05) is 28.1 Å². The summed E-state index contributed by atoms with van der Waals surface area (Å²) >= 11 is 3.38. The summed E-state index contributed by atoms with van der Waals surface area (Å²) in [6.45, 7) is 0.119. The summed E-state index contributed by atoms with van der Waals surface area (Å²) in [6.07, 6.45) is 1.36. The lowest BCUT2D eigenvalue weighted by Crippen LogP contribution is -2.54. The molecular formula is C26H19BrN2O7. The number of halogens is 1. The average molecular weight is 551 g/mol. The average Bonchev–Trinajstić information content (AvgIpc) is 2.86. The lowest BCUT2D eigenvalue weighted by molar-refractivity contribution is -0.122. The van der Waals surface area contributed by atoms with E-state index in [1.807, 2.05) is 0 Å². The Kier molecular flexibility index (Phi) is 7.16. The molecule has 0 aromatic heterocycles. The Labute approximate surface area is 214 Å². The summed E-state index contributed by atoms with van der Waals surface area (Å²) in [5, 5.41) is 11.2. The Hall–Kier alpha value is -4.44. The molecule has 1 saturated heterocycles. The Morgan fingerprint density at radius 1 is 1.03 bits per heavy atom. The van der Waals surface area contributed by atoms with Gasteiger partial charge in [-0.05, 0) is 66.2 Å². The van der Waals surface area contributed by atoms with E-state index in [2.05, 4.69) is 21.2 Å². The van der Waals surface area contributed by atoms with Gasteiger partial charge < -0.3 is 14.6 Å². The minimum absolute atomic E-state index is 0.119. The normalized spacial score (nSPS) is 14.6. The molecule has 3 aromatic rings. The van der Waals surface area contributed by atoms with Crippen LogP contribution in [0.4, 0.5) is 10.5 Å². The first kappa shape index (κ1) is 24.7. The largest absolute Gasteiger partial charge is 0.497 e. The number of hydrogen-bond acceptors (Lipinski definition) is 6. The highest BCUT2D eigenvalue weighted by Crippen LogP contribution is 2.29. The van der Waals surface area contributed by atoms with E-state index in [4.69, 9.17) is 14.6 Å². The van der Waals surface area contributed by atoms with Crippen LogP contribution in [0.5, 0.6) is 11.5 Å². The van der Waals surface area contributed by atoms with E-state index in [9.17, 15) is 19.2 Å². The van der Waals surface area contributed by atoms with Gasteiger partial charge in [0.15, 0.2) is 0 Å². The number of carbonyl (C=O) groups is 4. The van der Waals surface area contributed by atoms with Gasteiger partial charge in [0.1, 0.15) is 23.7 Å². The standard InChI is InChI=1S/C26H19BrN2O7/c1-35-20-9-7-19(8-10-20)29-24(31)21(23(30)28-26(29)34)13-17-12-18(27)6-11-22(17)36-14-15-2-4-16(5-3-15)25(32)33/h2-13H,14H2,1H3,(H,32,33)(H,28,30,34)/b21-13+. The number of anilines is 1. The predicted octanol–water partition coefficient (Wildman–Crippen LogP) is 4.40. The van der Waals surface area contributed by atoms with Crippen molar-refractivity contribution in [2.75, 3.05) is 12.0 Å². The number of ether oxygens (including phenoxy) is 2. The van der Waals surface area contributed by atoms with Crippen LogP contribution in [0, 0.1) is 0 Å². The van der Waals surface area contributed by atoms with E-state index in [-0.39, 0.29) is 23.4 Å². The lowest BCUT2D eigenvalue weighted by atomic mass is 10.1. The van der Waals surface area contributed by atoms with Gasteiger partial charge in [0.2, 0.25) is 0 Å². The van der Waals surface area contributed by atoms with Gasteiger partial charge in [-0.3, -0.25) is 14.9 Å². The van der Waals surface area contributed by atoms with E-state index in [0.29, 0.717) is 21.5 Å². The number of nitrogens with zero attached hydrogens (tertiary/aromatic N) is 1. The molecule has 9 nitrogen and oxygen atoms in total. The number of barbiturate groups is 1. The predicted molar refractivity (Wildman–Crippen MR) is 134 cm³/mol. The molecule has 182 valence electrons. The van der Waals surface area contributed by atoms with E-state index in [1.54, 1.807) is 42.5 Å². The maximum absolute atomic E-state index is 13.2. The summed E-state index contributed by atoms with van der Waals surface area (Å²) < 4.78 is 11.7. The molecule has 0 bridgehead atoms. The van der Waals surface area contributed by atoms with E-state index in [0.717, 1.165) is 10.5 Å². The van der Waals surface area contributed by atoms with Gasteiger partial charge in [0, 0.05) is 10.0 Å². The highest BCUT2D eigenvalue weighted by atomic mass is 79.9. The lowest BCUT2D eigenvalue weighted by Gasteiger charge is -2.26. The van der Waals surface area contributed by atoms with Crippen molar-refractivity contribution < 1.29 is 33.8 Å². The maximum atomic E-state index is 13.2. The fourth-order valence-corrected chi connectivity index (χ4v) is 3.83. The fraction of sp³-hybridized carbons (Fsp3) is 0.0769. The summed E-state index contributed by atoms with van der Waals surface area (Å²) in [7, 11) is 1.50. The SMILES string of the molecule is COc1ccc(N2C(=O)NC(=O)/C(=C\c3cc(Br)ccc3OCc3ccc(C(=O)O)cc3)C2=O)cc1. The molecule has 4 amide bonds. The summed E-state index contributed by atoms with van der Waals surface area (Å²) in [5.74, 6) is -1.72. The number of hydrogen-bond donors (Lipinski definition) is 2. The minimum Gasteiger partial charge on any atom is -0.497 e. The second kappa shape index (κ2) is 10.4. The van der Waals surface area contributed by atoms with Gasteiger partial charge >= 0.3 is 12.0 Å². The molecule has 1 heterocycles. The highest BCUT2D eigenvalue weighted by molar-refractivity contribution is 9.10. The van der Waals surface area contributed by atoms with Crippen LogP contribution in [-0.4, -0.2) is 36.0 Å². The third kappa shape index (κ3) is 5.28. The first-order valence-electron chi connectivity index (χ1n) is 10.6. The maximum Gasteiger partial charge on any atom is 0.335 e. The molecule has 3 aromatic carbocycles. The number of methoxy groups -OCH3 is 1. The van der Waals surface area contributed by atoms with Crippen LogP contribution in [0.25, 0.3) is 6.08 Å². The minimum atomic E-state index is -1.03. The van der Waals surface area contributed by atoms with Crippen molar-refractivity contribution in [2.45, 2.75) is 6.61 Å². The molecule has 0 spiro atoms. The highest BCUT2D eigenvalue weighted by Gasteiger charge is 2.37. The molecular weight excluding hydrogens is 532 g/mol. The number of aromatic carboxylic acids is 1. The van der Waals surface area contributed by atoms with Crippen molar-refractivity contribution in [1.29, 1.82) is 0 Å². The third-order valence-corrected chi connectivity index (χ3v) is 5.79. The van der Waals surface area contributed by atoms with Crippen molar-refractivity contribution in [3.8, 4) is 11.5 Å². The third-order valence-electron chi connectivity index (χ3n) is 5.30. The number of rotatable bonds is 7. The van der Waals surface area contributed by atoms with Crippen molar-refractivity contribution in [2.24, 2.45) is 0 Å². The molecule has 0 unspecified atom stereocenters. The van der Waals surface area contributed by atoms with Crippen LogP contribution in [0.2, 0.25) is 0 Å². The number of carboxylic acids is 1. The van der Waals surface area contributed by atoms with Gasteiger partial charge in [0.05, 0.1) is 18.4 Å². The number of carboxylic acid groups (broad SMARTS) is 1. The zero-order valence-corrected chi connectivity index (χ0v) is 20.4. The molecule has 4 rings (SSSR count). The summed E-state index contributed by atoms with van der Waals surface area (Å²) in [4.78, 5) is 50.2. The molecule has 10 heteroatoms. The first-order chi connectivity index (χ1) is 17.3. The zero-order chi connectivity index (χ0) is 25.8. The van der Waals surface area contributed by atoms with E-state index < -0.39 is 23.8 Å². The Bertz CT molecular complexity index is 1380. The molecule has 0 aliphatic carbocycles. The molecule has 1 fully saturated rings. The second-order valence-corrected chi connectivity index (χ2v) is 8.54. The molecule has 0 atom stereocenters. The Morgan fingerprint density at radius 3 is 2.36 bits per heavy atom. The molecule has 1 aliphatic rings. The second-order valence-electron chi connectivity index (χ2n) is 7.63. The number of nitrogens with one attached hydrogen (secondary N) is 1. The van der Waals surface area contributed by atoms with E-state index >= 15 is 0 Å². The fourth-order valence-electron chi connectivity index (χ4n) is 3.45. The van der Waals surface area contributed by atoms with Crippen molar-refractivity contribution in [3.63, 3.8) is 0 Å². The molecule has 0 saturated carbocycles. The summed E-state index contributed by atoms with van der Waals surface area (Å²) in [6, 6.07) is 16.7. The quantitative estimate of drug-likeness (QED) is 0.330. The Balaban J connectivity index is 1.62. The topological polar surface area (TPSA) is 122 Å². The van der Waals surface area contributed by atoms with E-state index in [1.165, 1.54) is 37.5 Å². The van der Waals surface area contributed by atoms with Gasteiger partial charge in [-0.2, -0.15) is 0 Å². The Morgan fingerprint density at radius 2 is 1.72 bits per heavy atom. The monoisotopic (exact) mass is 550 g/mol. The smallest absolute Gasteiger partial charge is 0.335 e. The van der Waals surface area contributed by atoms with Crippen molar-refractivity contribution >= 4 is 51.5 Å². The number of amides is 4. The zero-order valence-electron chi connectivity index (χ0n) is 18.9.